The van der Waals surface area contributed by atoms with E-state index >= 15 is 0 Å². The van der Waals surface area contributed by atoms with Gasteiger partial charge in [-0.05, 0) is 578 Å². The van der Waals surface area contributed by atoms with Crippen molar-refractivity contribution in [2.75, 3.05) is 41.3 Å². The minimum atomic E-state index is -1.00. The molecule has 7 N–H and O–H groups in total. The van der Waals surface area contributed by atoms with Gasteiger partial charge in [0.05, 0.1) is 56.2 Å². The summed E-state index contributed by atoms with van der Waals surface area (Å²) in [7, 11) is 3.13. The molecule has 40 atom stereocenters. The highest BCUT2D eigenvalue weighted by Crippen LogP contribution is 2.76. The highest BCUT2D eigenvalue weighted by Gasteiger charge is 2.70. The first-order valence-electron chi connectivity index (χ1n) is 56.2. The number of aliphatic carboxylic acids is 1. The van der Waals surface area contributed by atoms with E-state index in [1.54, 1.807) is 7.11 Å². The van der Waals surface area contributed by atoms with Crippen LogP contribution in [-0.2, 0) is 28.7 Å². The first-order valence-corrected chi connectivity index (χ1v) is 57.5. The van der Waals surface area contributed by atoms with E-state index in [9.17, 15) is 59.3 Å². The van der Waals surface area contributed by atoms with Crippen molar-refractivity contribution in [2.24, 2.45) is 215 Å². The van der Waals surface area contributed by atoms with Crippen LogP contribution in [0.25, 0.3) is 0 Å². The van der Waals surface area contributed by atoms with Crippen molar-refractivity contribution in [3.63, 3.8) is 0 Å². The molecule has 748 valence electrons. The number of alkyl halides is 1. The van der Waals surface area contributed by atoms with E-state index in [-0.39, 0.29) is 34.1 Å². The molecule has 15 heteroatoms. The molecule has 132 heavy (non-hydrogen) atoms. The summed E-state index contributed by atoms with van der Waals surface area (Å²) in [5.41, 5.74) is 1.60. The molecule has 22 saturated carbocycles. The Labute approximate surface area is 803 Å². The Kier molecular flexibility index (Phi) is 29.8. The van der Waals surface area contributed by atoms with Crippen LogP contribution in [-0.4, -0.2) is 129 Å². The number of hydrogen-bond acceptors (Lipinski definition) is 12. The number of aliphatic hydroxyl groups is 6. The van der Waals surface area contributed by atoms with Gasteiger partial charge in [0.1, 0.15) is 6.29 Å². The minimum absolute atomic E-state index is 0.0784. The average molecular weight is 1860 g/mol. The molecule has 0 unspecified atom stereocenters. The van der Waals surface area contributed by atoms with Crippen molar-refractivity contribution in [3.05, 3.63) is 36.5 Å². The number of aldehydes is 1. The van der Waals surface area contributed by atoms with Gasteiger partial charge in [0.2, 0.25) is 0 Å². The number of carboxylic acids is 1. The highest BCUT2D eigenvalue weighted by atomic mass is 31.1. The van der Waals surface area contributed by atoms with E-state index in [1.165, 1.54) is 225 Å². The molecule has 22 rings (SSSR count). The zero-order valence-electron chi connectivity index (χ0n) is 86.5. The van der Waals surface area contributed by atoms with Crippen LogP contribution in [0.1, 0.15) is 385 Å². The lowest BCUT2D eigenvalue weighted by Crippen LogP contribution is -2.51. The fourth-order valence-electron chi connectivity index (χ4n) is 41.4. The summed E-state index contributed by atoms with van der Waals surface area (Å²) < 4.78 is 25.7. The van der Waals surface area contributed by atoms with E-state index in [0.717, 1.165) is 259 Å². The molecule has 0 bridgehead atoms. The summed E-state index contributed by atoms with van der Waals surface area (Å²) in [6, 6.07) is 0. The normalized spacial score (nSPS) is 51.4. The van der Waals surface area contributed by atoms with Crippen LogP contribution in [0.5, 0.6) is 0 Å². The van der Waals surface area contributed by atoms with Gasteiger partial charge in [-0.3, -0.25) is 14.0 Å². The Balaban J connectivity index is 0.000000119. The average Bonchev–Trinajstić information content (AvgIpc) is 1.52. The first kappa shape index (κ1) is 101. The van der Waals surface area contributed by atoms with Crippen molar-refractivity contribution in [2.45, 2.75) is 412 Å². The predicted molar refractivity (Wildman–Crippen MR) is 529 cm³/mol. The third-order valence-electron chi connectivity index (χ3n) is 47.3. The van der Waals surface area contributed by atoms with E-state index in [4.69, 9.17) is 10.8 Å². The number of hydrogen-bond donors (Lipinski definition) is 7. The molecular formula is C117H190FO13P. The number of methoxy groups -OCH3 is 2. The number of halogens is 1. The standard InChI is InChI=1S/C24H38O3.C23H36O3.C23H38O2.C22H34O3.C22H34O2.C2H7P.CH3F/c1-22(26)10-8-16-15(14-22)4-5-18-17(16)9-11-23(2)19(18)6-7-20(23)24(12-13-24)21(25)27-3;1-14(21(24)26-4)19-7-8-20-18-6-5-15-13-22(2,25)11-9-16(15)17(18)10-12-23(19,20)3;1-21(25)9-7-16-15(13-21)3-4-18-17(16)8-10-22(2)19(18)5-6-20(22)23(14-24)11-12-23;1-13(20(23)24)18-6-7-19-17-5-4-14-12-21(2,25)10-8-15(14)16(17)9-11-22(18,19)3;1-14(13-23)19-6-7-20-18-5-4-15-12-21(2,24)10-8-16(15)17(18)9-11-22(19,20)3;1-3-2;1-2/h15-20,26H,4-14H2,1-3H3;15-20,25H,1,5-13H2,2-4H3;15-20,24-25H,3-14H2,1-2H3;14-19,25H,1,4-12H2,2-3H3,(H,23,24);13,15-20,24H,1,4-12H2,2-3H3;3H,1-2H3;1H3/t15-,16+,17-,18-,19+,20+,22-,23+;15-,16+,17-,18-,19-,20+,22-,23-;15-,16+,17-,18-,19+,20+,21-,22+;14-,15+,16-,17-,18-,19+,21-,22-;15-,16+,17-,18-,19-,20+,21-,22-;;/m11111../s1/i;;;;;;1D. The molecule has 0 spiro atoms. The van der Waals surface area contributed by atoms with E-state index < -0.39 is 41.1 Å². The third kappa shape index (κ3) is 18.8. The number of rotatable bonds is 10. The summed E-state index contributed by atoms with van der Waals surface area (Å²) >= 11 is 0. The third-order valence-corrected chi connectivity index (χ3v) is 47.3. The number of ether oxygens (including phenoxy) is 2. The lowest BCUT2D eigenvalue weighted by Gasteiger charge is -2.57. The maximum atomic E-state index is 12.6. The first-order chi connectivity index (χ1) is 62.9. The summed E-state index contributed by atoms with van der Waals surface area (Å²) in [4.78, 5) is 47.5. The molecule has 22 fully saturated rings. The van der Waals surface area contributed by atoms with Gasteiger partial charge in [0.25, 0.3) is 0 Å². The predicted octanol–water partition coefficient (Wildman–Crippen LogP) is 25.4. The van der Waals surface area contributed by atoms with Gasteiger partial charge in [0, 0.05) is 17.8 Å². The molecule has 0 heterocycles. The van der Waals surface area contributed by atoms with Gasteiger partial charge in [-0.1, -0.05) is 54.4 Å². The number of allylic oxidation sites excluding steroid dienone is 1. The number of esters is 2. The molecule has 22 aliphatic rings. The maximum absolute atomic E-state index is 12.6. The van der Waals surface area contributed by atoms with Crippen LogP contribution in [0.3, 0.4) is 0 Å². The van der Waals surface area contributed by atoms with Crippen LogP contribution in [0.2, 0.25) is 0 Å². The molecule has 0 aromatic heterocycles. The quantitative estimate of drug-likeness (QED) is 0.0468. The molecule has 22 aliphatic carbocycles. The Morgan fingerprint density at radius 1 is 0.356 bits per heavy atom. The fraction of sp³-hybridized carbons (Fsp3) is 0.915. The fourth-order valence-corrected chi connectivity index (χ4v) is 41.4. The van der Waals surface area contributed by atoms with Crippen LogP contribution in [0, 0.1) is 215 Å². The van der Waals surface area contributed by atoms with Gasteiger partial charge < -0.3 is 45.2 Å². The van der Waals surface area contributed by atoms with Crippen molar-refractivity contribution in [1.82, 2.24) is 0 Å². The van der Waals surface area contributed by atoms with Crippen molar-refractivity contribution >= 4 is 32.8 Å². The number of carbonyl (C=O) groups excluding carboxylic acids is 3. The van der Waals surface area contributed by atoms with Gasteiger partial charge in [-0.2, -0.15) is 0 Å². The van der Waals surface area contributed by atoms with Gasteiger partial charge in [0.15, 0.2) is 0 Å². The molecule has 0 amide bonds. The second-order valence-corrected chi connectivity index (χ2v) is 55.0. The monoisotopic (exact) mass is 1850 g/mol. The smallest absolute Gasteiger partial charge is 0.333 e. The molecule has 0 saturated heterocycles. The maximum Gasteiger partial charge on any atom is 0.333 e. The van der Waals surface area contributed by atoms with Crippen molar-refractivity contribution < 1.29 is 70.2 Å². The molecule has 0 radical (unpaired) electrons. The number of carbonyl (C=O) groups is 4. The van der Waals surface area contributed by atoms with Gasteiger partial charge >= 0.3 is 17.9 Å². The summed E-state index contributed by atoms with van der Waals surface area (Å²) in [5, 5.41) is 72.1. The zero-order valence-corrected chi connectivity index (χ0v) is 86.5. The lowest BCUT2D eigenvalue weighted by atomic mass is 9.48. The Morgan fingerprint density at radius 3 is 0.902 bits per heavy atom. The van der Waals surface area contributed by atoms with Crippen LogP contribution in [0.4, 0.5) is 4.39 Å². The summed E-state index contributed by atoms with van der Waals surface area (Å²) in [6.45, 7) is 39.5. The molecular weight excluding hydrogens is 1660 g/mol. The Bertz CT molecular complexity index is 4100. The second kappa shape index (κ2) is 38.9. The lowest BCUT2D eigenvalue weighted by molar-refractivity contribution is -0.154. The van der Waals surface area contributed by atoms with Crippen molar-refractivity contribution in [1.29, 1.82) is 0 Å². The molecule has 0 aromatic carbocycles. The summed E-state index contributed by atoms with van der Waals surface area (Å²) in [6.07, 6.45) is 60.6. The second-order valence-electron chi connectivity index (χ2n) is 54.0. The van der Waals surface area contributed by atoms with Crippen molar-refractivity contribution in [3.8, 4) is 0 Å². The minimum Gasteiger partial charge on any atom is -0.478 e. The Hall–Kier alpha value is -2.58. The van der Waals surface area contributed by atoms with E-state index in [2.05, 4.69) is 81.5 Å². The SMILES string of the molecule is C=C(C(=O)O)[C@H]1CC[C@H]2[C@@H]3CC[C@@H]4C[C@](C)(O)CC[C@@H]4[C@H]3CC[C@]12C.C=C(C(=O)OC)[C@H]1CC[C@H]2[C@@H]3CC[C@@H]4C[C@](C)(O)CC[C@@H]4[C@H]3CC[C@]12C.C=C(C=O)[C@H]1CC[C@H]2[C@@H]3CC[C@@H]4C[C@](C)(O)CC[C@@H]4[C@H]3CC[C@]12C.COC(=O)C1([C@H]2CC[C@H]3[C@@H]4CC[C@@H]5C[C@](C)(O)CC[C@@H]5[C@H]4CC[C@]23C)CC1.CPC.C[C@@]1(O)CC[C@H]2[C@H](CC[C@@H]3[C@@H]2CC[C@]2(C)[C@@H](C4(CO)CC4)CC[C@@H]32)C1.[2H]CF. The van der Waals surface area contributed by atoms with E-state index in [0.29, 0.717) is 69.0 Å². The zero-order chi connectivity index (χ0) is 95.7. The molecule has 13 nitrogen and oxygen atoms in total. The number of fused-ring (bicyclic) bond motifs is 25. The summed E-state index contributed by atoms with van der Waals surface area (Å²) in [5.74, 6) is 21.8. The topological polar surface area (TPSA) is 228 Å². The van der Waals surface area contributed by atoms with E-state index in [1.807, 2.05) is 20.8 Å². The molecule has 0 aliphatic heterocycles. The van der Waals surface area contributed by atoms with Crippen LogP contribution >= 0.6 is 8.58 Å². The van der Waals surface area contributed by atoms with Gasteiger partial charge in [-0.25, -0.2) is 9.59 Å². The Morgan fingerprint density at radius 2 is 0.621 bits per heavy atom. The van der Waals surface area contributed by atoms with Crippen LogP contribution < -0.4 is 0 Å². The van der Waals surface area contributed by atoms with Gasteiger partial charge in [-0.15, -0.1) is 8.58 Å². The largest absolute Gasteiger partial charge is 0.478 e. The number of aliphatic hydroxyl groups excluding tert-OH is 1. The number of carboxylic acid groups (broad SMARTS) is 1. The highest BCUT2D eigenvalue weighted by molar-refractivity contribution is 7.35. The molecule has 0 aromatic rings. The van der Waals surface area contributed by atoms with Crippen LogP contribution in [0.15, 0.2) is 36.5 Å².